The van der Waals surface area contributed by atoms with Gasteiger partial charge in [0.15, 0.2) is 0 Å². The number of nitrogens with zero attached hydrogens (tertiary/aromatic N) is 1. The third kappa shape index (κ3) is 8.19. The van der Waals surface area contributed by atoms with Crippen molar-refractivity contribution in [3.05, 3.63) is 60.4 Å². The predicted molar refractivity (Wildman–Crippen MR) is 108 cm³/mol. The van der Waals surface area contributed by atoms with Crippen LogP contribution >= 0.6 is 0 Å². The largest absolute Gasteiger partial charge is 0.481 e. The molecule has 0 amide bonds. The van der Waals surface area contributed by atoms with E-state index in [1.807, 2.05) is 18.3 Å². The number of carbonyl (C=O) groups is 1. The van der Waals surface area contributed by atoms with Crippen molar-refractivity contribution in [2.45, 2.75) is 49.8 Å². The third-order valence-electron chi connectivity index (χ3n) is 4.70. The van der Waals surface area contributed by atoms with Crippen molar-refractivity contribution in [2.75, 3.05) is 6.54 Å². The van der Waals surface area contributed by atoms with Gasteiger partial charge in [-0.15, -0.1) is 0 Å². The van der Waals surface area contributed by atoms with E-state index in [0.717, 1.165) is 37.7 Å². The fourth-order valence-electron chi connectivity index (χ4n) is 3.17. The average molecular weight is 405 g/mol. The van der Waals surface area contributed by atoms with E-state index in [1.54, 1.807) is 36.5 Å². The van der Waals surface area contributed by atoms with Crippen LogP contribution in [0.15, 0.2) is 59.8 Å². The third-order valence-corrected chi connectivity index (χ3v) is 6.18. The standard InChI is InChI=1S/C21H28N2O4S/c24-21(25)12-4-7-18(13-14-19-9-5-15-22-17-19)8-6-16-23-28(26,27)20-10-2-1-3-11-20/h1-3,5,9-11,15,17-18,23H,4,6-8,12-14,16H2,(H,24,25). The molecule has 1 atom stereocenters. The van der Waals surface area contributed by atoms with Gasteiger partial charge in [0.25, 0.3) is 0 Å². The van der Waals surface area contributed by atoms with Crippen LogP contribution in [0.1, 0.15) is 44.1 Å². The Morgan fingerprint density at radius 3 is 2.46 bits per heavy atom. The molecule has 0 saturated heterocycles. The lowest BCUT2D eigenvalue weighted by Gasteiger charge is -2.17. The summed E-state index contributed by atoms with van der Waals surface area (Å²) in [5.74, 6) is -0.414. The summed E-state index contributed by atoms with van der Waals surface area (Å²) in [7, 11) is -3.48. The summed E-state index contributed by atoms with van der Waals surface area (Å²) in [6, 6.07) is 12.3. The van der Waals surface area contributed by atoms with Gasteiger partial charge in [0, 0.05) is 25.4 Å². The maximum atomic E-state index is 12.3. The Balaban J connectivity index is 1.80. The van der Waals surface area contributed by atoms with Crippen LogP contribution in [0.3, 0.4) is 0 Å². The van der Waals surface area contributed by atoms with E-state index >= 15 is 0 Å². The molecule has 6 nitrogen and oxygen atoms in total. The molecule has 0 bridgehead atoms. The van der Waals surface area contributed by atoms with Crippen molar-refractivity contribution in [3.8, 4) is 0 Å². The first-order valence-electron chi connectivity index (χ1n) is 9.63. The number of aromatic nitrogens is 1. The van der Waals surface area contributed by atoms with Crippen molar-refractivity contribution >= 4 is 16.0 Å². The SMILES string of the molecule is O=C(O)CCCC(CCCNS(=O)(=O)c1ccccc1)CCc1cccnc1. The van der Waals surface area contributed by atoms with Crippen molar-refractivity contribution in [3.63, 3.8) is 0 Å². The topological polar surface area (TPSA) is 96.4 Å². The van der Waals surface area contributed by atoms with E-state index in [2.05, 4.69) is 9.71 Å². The highest BCUT2D eigenvalue weighted by atomic mass is 32.2. The van der Waals surface area contributed by atoms with Gasteiger partial charge in [0.1, 0.15) is 0 Å². The second-order valence-corrected chi connectivity index (χ2v) is 8.67. The maximum Gasteiger partial charge on any atom is 0.303 e. The minimum absolute atomic E-state index is 0.171. The average Bonchev–Trinajstić information content (AvgIpc) is 2.70. The summed E-state index contributed by atoms with van der Waals surface area (Å²) in [5, 5.41) is 8.86. The minimum atomic E-state index is -3.48. The van der Waals surface area contributed by atoms with Crippen LogP contribution in [0.5, 0.6) is 0 Å². The van der Waals surface area contributed by atoms with Crippen LogP contribution in [0.4, 0.5) is 0 Å². The minimum Gasteiger partial charge on any atom is -0.481 e. The first kappa shape index (κ1) is 22.0. The first-order chi connectivity index (χ1) is 13.5. The van der Waals surface area contributed by atoms with Crippen LogP contribution in [-0.2, 0) is 21.2 Å². The van der Waals surface area contributed by atoms with Gasteiger partial charge in [-0.1, -0.05) is 24.3 Å². The molecule has 2 rings (SSSR count). The van der Waals surface area contributed by atoms with Gasteiger partial charge in [-0.05, 0) is 68.2 Å². The highest BCUT2D eigenvalue weighted by molar-refractivity contribution is 7.89. The molecule has 152 valence electrons. The molecule has 0 fully saturated rings. The number of hydrogen-bond acceptors (Lipinski definition) is 4. The molecule has 0 spiro atoms. The maximum absolute atomic E-state index is 12.3. The number of aliphatic carboxylic acids is 1. The predicted octanol–water partition coefficient (Wildman–Crippen LogP) is 3.64. The monoisotopic (exact) mass is 404 g/mol. The molecule has 0 radical (unpaired) electrons. The Bertz CT molecular complexity index is 811. The van der Waals surface area contributed by atoms with Crippen LogP contribution in [0, 0.1) is 5.92 Å². The van der Waals surface area contributed by atoms with Gasteiger partial charge in [0.05, 0.1) is 4.90 Å². The number of carboxylic acid groups (broad SMARTS) is 1. The first-order valence-corrected chi connectivity index (χ1v) is 11.1. The van der Waals surface area contributed by atoms with Gasteiger partial charge in [-0.3, -0.25) is 9.78 Å². The lowest BCUT2D eigenvalue weighted by Crippen LogP contribution is -2.25. The fraction of sp³-hybridized carbons (Fsp3) is 0.429. The Hall–Kier alpha value is -2.25. The molecule has 2 N–H and O–H groups in total. The van der Waals surface area contributed by atoms with E-state index < -0.39 is 16.0 Å². The number of carboxylic acids is 1. The molecular weight excluding hydrogens is 376 g/mol. The van der Waals surface area contributed by atoms with Crippen LogP contribution in [0.25, 0.3) is 0 Å². The summed E-state index contributed by atoms with van der Waals surface area (Å²) < 4.78 is 27.1. The van der Waals surface area contributed by atoms with Gasteiger partial charge in [0.2, 0.25) is 10.0 Å². The fourth-order valence-corrected chi connectivity index (χ4v) is 4.27. The summed E-state index contributed by atoms with van der Waals surface area (Å²) in [5.41, 5.74) is 1.16. The van der Waals surface area contributed by atoms with Crippen LogP contribution in [-0.4, -0.2) is 31.0 Å². The number of nitrogens with one attached hydrogen (secondary N) is 1. The highest BCUT2D eigenvalue weighted by Gasteiger charge is 2.14. The molecule has 0 aliphatic heterocycles. The number of benzene rings is 1. The molecule has 1 aromatic carbocycles. The van der Waals surface area contributed by atoms with Crippen LogP contribution < -0.4 is 4.72 Å². The zero-order chi connectivity index (χ0) is 20.2. The van der Waals surface area contributed by atoms with Gasteiger partial charge < -0.3 is 5.11 Å². The Morgan fingerprint density at radius 2 is 1.79 bits per heavy atom. The van der Waals surface area contributed by atoms with E-state index in [9.17, 15) is 13.2 Å². The number of sulfonamides is 1. The lowest BCUT2D eigenvalue weighted by molar-refractivity contribution is -0.137. The molecule has 1 unspecified atom stereocenters. The van der Waals surface area contributed by atoms with E-state index in [0.29, 0.717) is 18.9 Å². The molecule has 1 heterocycles. The molecule has 2 aromatic rings. The second-order valence-electron chi connectivity index (χ2n) is 6.90. The molecule has 0 aliphatic carbocycles. The van der Waals surface area contributed by atoms with E-state index in [-0.39, 0.29) is 11.3 Å². The number of hydrogen-bond donors (Lipinski definition) is 2. The van der Waals surface area contributed by atoms with Gasteiger partial charge in [-0.25, -0.2) is 13.1 Å². The van der Waals surface area contributed by atoms with Crippen molar-refractivity contribution < 1.29 is 18.3 Å². The van der Waals surface area contributed by atoms with E-state index in [4.69, 9.17) is 5.11 Å². The Morgan fingerprint density at radius 1 is 1.04 bits per heavy atom. The normalized spacial score (nSPS) is 12.6. The summed E-state index contributed by atoms with van der Waals surface area (Å²) >= 11 is 0. The molecule has 0 aliphatic rings. The number of rotatable bonds is 13. The Kier molecular flexibility index (Phi) is 9.10. The van der Waals surface area contributed by atoms with Crippen molar-refractivity contribution in [1.29, 1.82) is 0 Å². The zero-order valence-corrected chi connectivity index (χ0v) is 16.8. The molecule has 7 heteroatoms. The molecular formula is C21H28N2O4S. The van der Waals surface area contributed by atoms with Crippen molar-refractivity contribution in [1.82, 2.24) is 9.71 Å². The summed E-state index contributed by atoms with van der Waals surface area (Å²) in [4.78, 5) is 15.2. The Labute approximate surface area is 167 Å². The van der Waals surface area contributed by atoms with Crippen molar-refractivity contribution in [2.24, 2.45) is 5.92 Å². The quantitative estimate of drug-likeness (QED) is 0.497. The smallest absolute Gasteiger partial charge is 0.303 e. The van der Waals surface area contributed by atoms with Crippen LogP contribution in [0.2, 0.25) is 0 Å². The summed E-state index contributed by atoms with van der Waals surface area (Å²) in [6.07, 6.45) is 8.64. The number of aryl methyl sites for hydroxylation is 1. The van der Waals surface area contributed by atoms with Gasteiger partial charge in [-0.2, -0.15) is 0 Å². The summed E-state index contributed by atoms with van der Waals surface area (Å²) in [6.45, 7) is 0.375. The lowest BCUT2D eigenvalue weighted by atomic mass is 9.91. The highest BCUT2D eigenvalue weighted by Crippen LogP contribution is 2.21. The second kappa shape index (κ2) is 11.6. The van der Waals surface area contributed by atoms with E-state index in [1.165, 1.54) is 0 Å². The molecule has 28 heavy (non-hydrogen) atoms. The number of pyridine rings is 1. The molecule has 1 aromatic heterocycles. The van der Waals surface area contributed by atoms with Gasteiger partial charge >= 0.3 is 5.97 Å². The molecule has 0 saturated carbocycles. The zero-order valence-electron chi connectivity index (χ0n) is 16.0.